The Labute approximate surface area is 295 Å². The number of benzene rings is 2. The molecule has 2 saturated heterocycles. The van der Waals surface area contributed by atoms with Crippen LogP contribution in [0, 0.1) is 0 Å². The van der Waals surface area contributed by atoms with E-state index in [-0.39, 0.29) is 28.6 Å². The molecule has 12 nitrogen and oxygen atoms in total. The number of carbonyl (C=O) groups excluding carboxylic acids is 2. The highest BCUT2D eigenvalue weighted by atomic mass is 35.5. The Kier molecular flexibility index (Phi) is 8.82. The van der Waals surface area contributed by atoms with Crippen molar-refractivity contribution in [2.45, 2.75) is 75.4 Å². The second kappa shape index (κ2) is 13.6. The Morgan fingerprint density at radius 3 is 2.52 bits per heavy atom. The van der Waals surface area contributed by atoms with E-state index >= 15 is 0 Å². The molecule has 0 unspecified atom stereocenters. The van der Waals surface area contributed by atoms with Gasteiger partial charge in [0.2, 0.25) is 11.8 Å². The number of para-hydroxylation sites is 2. The van der Waals surface area contributed by atoms with Gasteiger partial charge in [0, 0.05) is 48.4 Å². The SMILES string of the molecule is Nc1nnc(-c2cccc(Cl)c2O)cc1-c1cnn(C2CCN([C@H]3CC[C@@H](c4cccc5c4OCCN5[C@@H]4CCC(=O)NC4=O)CC3)CC2)c1. The number of ether oxygens (including phenoxy) is 1. The molecule has 1 atom stereocenters. The van der Waals surface area contributed by atoms with E-state index in [1.807, 2.05) is 24.5 Å². The van der Waals surface area contributed by atoms with Crippen LogP contribution in [0.25, 0.3) is 22.4 Å². The van der Waals surface area contributed by atoms with E-state index in [1.165, 1.54) is 5.56 Å². The number of piperidine rings is 2. The number of hydrogen-bond acceptors (Lipinski definition) is 10. The zero-order valence-electron chi connectivity index (χ0n) is 27.8. The van der Waals surface area contributed by atoms with Crippen LogP contribution in [0.2, 0.25) is 5.02 Å². The normalized spacial score (nSPS) is 23.3. The molecule has 50 heavy (non-hydrogen) atoms. The number of anilines is 2. The summed E-state index contributed by atoms with van der Waals surface area (Å²) in [6.45, 7) is 3.22. The number of phenolic OH excluding ortho intramolecular Hbond substituents is 1. The first-order valence-electron chi connectivity index (χ1n) is 17.6. The molecule has 4 aliphatic rings. The minimum absolute atomic E-state index is 0.0403. The highest BCUT2D eigenvalue weighted by molar-refractivity contribution is 6.32. The summed E-state index contributed by atoms with van der Waals surface area (Å²) >= 11 is 6.13. The quantitative estimate of drug-likeness (QED) is 0.226. The fourth-order valence-corrected chi connectivity index (χ4v) is 8.52. The largest absolute Gasteiger partial charge is 0.506 e. The number of aromatic nitrogens is 4. The first kappa shape index (κ1) is 32.5. The van der Waals surface area contributed by atoms with Crippen LogP contribution < -0.4 is 20.7 Å². The molecule has 260 valence electrons. The van der Waals surface area contributed by atoms with Crippen molar-refractivity contribution in [3.63, 3.8) is 0 Å². The van der Waals surface area contributed by atoms with Gasteiger partial charge in [-0.25, -0.2) is 0 Å². The van der Waals surface area contributed by atoms with Crippen LogP contribution in [-0.4, -0.2) is 80.1 Å². The number of amides is 2. The van der Waals surface area contributed by atoms with Crippen molar-refractivity contribution in [1.29, 1.82) is 0 Å². The van der Waals surface area contributed by atoms with Gasteiger partial charge >= 0.3 is 0 Å². The summed E-state index contributed by atoms with van der Waals surface area (Å²) in [4.78, 5) is 29.2. The molecular weight excluding hydrogens is 656 g/mol. The number of nitrogen functional groups attached to an aromatic ring is 1. The van der Waals surface area contributed by atoms with Crippen molar-refractivity contribution in [1.82, 2.24) is 30.2 Å². The molecule has 2 amide bonds. The summed E-state index contributed by atoms with van der Waals surface area (Å²) in [5, 5.41) is 26.3. The molecule has 1 aliphatic carbocycles. The average molecular weight is 697 g/mol. The van der Waals surface area contributed by atoms with Gasteiger partial charge in [-0.2, -0.15) is 5.10 Å². The Balaban J connectivity index is 0.886. The summed E-state index contributed by atoms with van der Waals surface area (Å²) in [5.74, 6) is 1.19. The number of nitrogens with zero attached hydrogens (tertiary/aromatic N) is 6. The van der Waals surface area contributed by atoms with Crippen LogP contribution in [0.4, 0.5) is 11.5 Å². The van der Waals surface area contributed by atoms with Gasteiger partial charge in [-0.05, 0) is 80.7 Å². The number of imide groups is 1. The van der Waals surface area contributed by atoms with Gasteiger partial charge in [0.05, 0.1) is 35.2 Å². The number of halogens is 1. The highest BCUT2D eigenvalue weighted by Crippen LogP contribution is 2.45. The summed E-state index contributed by atoms with van der Waals surface area (Å²) in [5.41, 5.74) is 11.0. The number of phenols is 1. The summed E-state index contributed by atoms with van der Waals surface area (Å²) < 4.78 is 8.32. The minimum Gasteiger partial charge on any atom is -0.506 e. The van der Waals surface area contributed by atoms with Crippen LogP contribution >= 0.6 is 11.6 Å². The van der Waals surface area contributed by atoms with Crippen LogP contribution in [0.15, 0.2) is 54.9 Å². The van der Waals surface area contributed by atoms with Crippen molar-refractivity contribution in [3.8, 4) is 33.9 Å². The number of likely N-dealkylation sites (tertiary alicyclic amines) is 1. The number of nitrogens with one attached hydrogen (secondary N) is 1. The van der Waals surface area contributed by atoms with Gasteiger partial charge in [0.25, 0.3) is 0 Å². The second-order valence-electron chi connectivity index (χ2n) is 13.9. The smallest absolute Gasteiger partial charge is 0.249 e. The van der Waals surface area contributed by atoms with Crippen LogP contribution in [-0.2, 0) is 9.59 Å². The summed E-state index contributed by atoms with van der Waals surface area (Å²) in [6.07, 6.45) is 11.3. The lowest BCUT2D eigenvalue weighted by Gasteiger charge is -2.42. The standard InChI is InChI=1S/C37H41ClN8O4/c38-29-5-1-4-27(34(29)48)30-19-28(36(39)43-42-30)23-20-40-46(21-23)25-13-15-44(16-14-25)24-9-7-22(8-10-24)26-3-2-6-31-35(26)50-18-17-45(31)32-11-12-33(47)41-37(32)49/h1-6,19-22,24-25,32,48H,7-18H2,(H2,39,43)(H,41,47,49)/t22-,24+,32-/m1/s1. The number of rotatable bonds is 6. The minimum atomic E-state index is -0.341. The predicted molar refractivity (Wildman–Crippen MR) is 190 cm³/mol. The molecule has 3 fully saturated rings. The van der Waals surface area contributed by atoms with Gasteiger partial charge in [-0.3, -0.25) is 19.6 Å². The van der Waals surface area contributed by atoms with E-state index in [4.69, 9.17) is 27.2 Å². The van der Waals surface area contributed by atoms with E-state index in [9.17, 15) is 14.7 Å². The predicted octanol–water partition coefficient (Wildman–Crippen LogP) is 5.32. The lowest BCUT2D eigenvalue weighted by atomic mass is 9.80. The molecule has 8 rings (SSSR count). The third-order valence-corrected chi connectivity index (χ3v) is 11.3. The molecule has 0 bridgehead atoms. The van der Waals surface area contributed by atoms with E-state index in [0.717, 1.165) is 68.6 Å². The Morgan fingerprint density at radius 2 is 1.72 bits per heavy atom. The van der Waals surface area contributed by atoms with Gasteiger partial charge in [-0.15, -0.1) is 10.2 Å². The third kappa shape index (κ3) is 6.15. The van der Waals surface area contributed by atoms with Crippen LogP contribution in [0.3, 0.4) is 0 Å². The zero-order valence-corrected chi connectivity index (χ0v) is 28.6. The number of aromatic hydroxyl groups is 1. The molecule has 0 spiro atoms. The van der Waals surface area contributed by atoms with Crippen molar-refractivity contribution in [2.75, 3.05) is 36.9 Å². The number of carbonyl (C=O) groups is 2. The Morgan fingerprint density at radius 1 is 0.920 bits per heavy atom. The van der Waals surface area contributed by atoms with E-state index in [2.05, 4.69) is 42.1 Å². The molecule has 5 heterocycles. The van der Waals surface area contributed by atoms with Gasteiger partial charge in [0.15, 0.2) is 5.82 Å². The van der Waals surface area contributed by atoms with E-state index in [0.29, 0.717) is 66.6 Å². The molecular formula is C37H41ClN8O4. The van der Waals surface area contributed by atoms with Crippen molar-refractivity contribution >= 4 is 34.9 Å². The van der Waals surface area contributed by atoms with E-state index < -0.39 is 0 Å². The van der Waals surface area contributed by atoms with Crippen molar-refractivity contribution in [2.24, 2.45) is 0 Å². The van der Waals surface area contributed by atoms with Gasteiger partial charge in [-0.1, -0.05) is 29.8 Å². The maximum atomic E-state index is 12.7. The molecule has 13 heteroatoms. The van der Waals surface area contributed by atoms with E-state index in [1.54, 1.807) is 18.2 Å². The summed E-state index contributed by atoms with van der Waals surface area (Å²) in [7, 11) is 0. The van der Waals surface area contributed by atoms with Crippen LogP contribution in [0.1, 0.15) is 68.9 Å². The highest BCUT2D eigenvalue weighted by Gasteiger charge is 2.37. The fraction of sp³-hybridized carbons (Fsp3) is 0.432. The molecule has 2 aromatic heterocycles. The molecule has 0 radical (unpaired) electrons. The Bertz CT molecular complexity index is 1920. The molecule has 2 aromatic carbocycles. The van der Waals surface area contributed by atoms with Crippen LogP contribution in [0.5, 0.6) is 11.5 Å². The fourth-order valence-electron chi connectivity index (χ4n) is 8.35. The van der Waals surface area contributed by atoms with Crippen molar-refractivity contribution < 1.29 is 19.4 Å². The topological polar surface area (TPSA) is 152 Å². The lowest BCUT2D eigenvalue weighted by Crippen LogP contribution is -2.54. The van der Waals surface area contributed by atoms with Crippen molar-refractivity contribution in [3.05, 3.63) is 65.4 Å². The maximum absolute atomic E-state index is 12.7. The zero-order chi connectivity index (χ0) is 34.4. The number of fused-ring (bicyclic) bond motifs is 1. The summed E-state index contributed by atoms with van der Waals surface area (Å²) in [6, 6.07) is 13.8. The molecule has 1 saturated carbocycles. The monoisotopic (exact) mass is 696 g/mol. The third-order valence-electron chi connectivity index (χ3n) is 11.0. The molecule has 4 N–H and O–H groups in total. The maximum Gasteiger partial charge on any atom is 0.249 e. The average Bonchev–Trinajstić information content (AvgIpc) is 3.63. The number of nitrogens with two attached hydrogens (primary N) is 1. The lowest BCUT2D eigenvalue weighted by molar-refractivity contribution is -0.134. The first-order valence-corrected chi connectivity index (χ1v) is 18.0. The first-order chi connectivity index (χ1) is 24.3. The second-order valence-corrected chi connectivity index (χ2v) is 14.3. The number of hydrogen-bond donors (Lipinski definition) is 3. The molecule has 3 aliphatic heterocycles. The van der Waals surface area contributed by atoms with Gasteiger partial charge in [0.1, 0.15) is 24.1 Å². The van der Waals surface area contributed by atoms with Gasteiger partial charge < -0.3 is 25.4 Å². The Hall–Kier alpha value is -4.68. The molecule has 4 aromatic rings.